The minimum absolute atomic E-state index is 0.0324. The van der Waals surface area contributed by atoms with Crippen LogP contribution in [-0.4, -0.2) is 228 Å². The summed E-state index contributed by atoms with van der Waals surface area (Å²) in [6, 6.07) is -1.58. The fourth-order valence-electron chi connectivity index (χ4n) is 6.79. The highest BCUT2D eigenvalue weighted by Gasteiger charge is 2.60. The number of nitrogens with one attached hydrogen (secondary N) is 2. The molecule has 3 saturated heterocycles. The van der Waals surface area contributed by atoms with Gasteiger partial charge in [0.2, 0.25) is 11.8 Å². The average Bonchev–Trinajstić information content (AvgIpc) is 3.50. The summed E-state index contributed by atoms with van der Waals surface area (Å²) in [6.45, 7) is -2.31. The van der Waals surface area contributed by atoms with Gasteiger partial charge in [-0.1, -0.05) is 0 Å². The zero-order valence-electron chi connectivity index (χ0n) is 31.0. The Morgan fingerprint density at radius 2 is 1.55 bits per heavy atom. The molecule has 330 valence electrons. The van der Waals surface area contributed by atoms with E-state index in [1.807, 2.05) is 0 Å². The standard InChI is InChI=1S/C33H51N3O22/c1-13(40)35-21-14(41)9-33(32(51)52,57-28(21)22(46)15(42)10-37)58-29-23(47)16(11-38)54-31(26(29)50)56-27-17(12-39)55-30(25(49)24(27)48)53-8-6-34-18(43)3-2-7-36-19(44)4-5-20(36)45/h4-5,14-17,21-31,37-39,41-42,46-50H,2-3,6-12H2,1H3,(H,34,43)(H,35,40)(H,51,52)/t14-,15+,16+,17+,21+,22+,23-,24+,25+,26+,27+,28+,29-,30+,31-,33-/m0/s1. The molecule has 0 aromatic rings. The molecule has 0 unspecified atom stereocenters. The van der Waals surface area contributed by atoms with Gasteiger partial charge in [-0.25, -0.2) is 4.79 Å². The second kappa shape index (κ2) is 20.8. The van der Waals surface area contributed by atoms with E-state index in [1.165, 1.54) is 0 Å². The lowest BCUT2D eigenvalue weighted by Gasteiger charge is -2.50. The summed E-state index contributed by atoms with van der Waals surface area (Å²) in [5.74, 6) is -7.25. The number of nitrogens with zero attached hydrogens (tertiary/aromatic N) is 1. The molecular formula is C33H51N3O22. The van der Waals surface area contributed by atoms with Crippen molar-refractivity contribution in [2.45, 2.75) is 124 Å². The van der Waals surface area contributed by atoms with E-state index in [4.69, 9.17) is 28.4 Å². The van der Waals surface area contributed by atoms with Gasteiger partial charge in [0.1, 0.15) is 67.1 Å². The fraction of sp³-hybridized carbons (Fsp3) is 0.788. The zero-order valence-corrected chi connectivity index (χ0v) is 31.0. The van der Waals surface area contributed by atoms with Crippen molar-refractivity contribution in [3.05, 3.63) is 12.2 Å². The van der Waals surface area contributed by atoms with Crippen LogP contribution in [0.2, 0.25) is 0 Å². The zero-order chi connectivity index (χ0) is 43.1. The predicted octanol–water partition coefficient (Wildman–Crippen LogP) is -8.38. The van der Waals surface area contributed by atoms with Crippen molar-refractivity contribution < 1.29 is 109 Å². The summed E-state index contributed by atoms with van der Waals surface area (Å²) in [5.41, 5.74) is 0. The smallest absolute Gasteiger partial charge is 0.364 e. The van der Waals surface area contributed by atoms with Crippen LogP contribution in [-0.2, 0) is 52.4 Å². The molecule has 0 spiro atoms. The Morgan fingerprint density at radius 1 is 0.914 bits per heavy atom. The van der Waals surface area contributed by atoms with Gasteiger partial charge in [-0.15, -0.1) is 0 Å². The van der Waals surface area contributed by atoms with E-state index < -0.39 is 153 Å². The Hall–Kier alpha value is -3.35. The number of amides is 4. The monoisotopic (exact) mass is 841 g/mol. The molecule has 0 radical (unpaired) electrons. The van der Waals surface area contributed by atoms with Crippen LogP contribution in [0.25, 0.3) is 0 Å². The lowest BCUT2D eigenvalue weighted by atomic mass is 9.88. The molecule has 4 aliphatic heterocycles. The Kier molecular flexibility index (Phi) is 16.9. The molecular weight excluding hydrogens is 790 g/mol. The third-order valence-corrected chi connectivity index (χ3v) is 9.84. The van der Waals surface area contributed by atoms with E-state index in [0.29, 0.717) is 0 Å². The van der Waals surface area contributed by atoms with Gasteiger partial charge in [0.05, 0.1) is 38.6 Å². The highest BCUT2D eigenvalue weighted by atomic mass is 16.8. The van der Waals surface area contributed by atoms with Crippen molar-refractivity contribution in [2.75, 3.05) is 39.5 Å². The van der Waals surface area contributed by atoms with Gasteiger partial charge in [0.15, 0.2) is 12.6 Å². The lowest BCUT2D eigenvalue weighted by Crippen LogP contribution is -2.70. The number of carboxylic acid groups (broad SMARTS) is 1. The lowest BCUT2D eigenvalue weighted by molar-refractivity contribution is -0.386. The van der Waals surface area contributed by atoms with Gasteiger partial charge in [-0.2, -0.15) is 0 Å². The minimum Gasteiger partial charge on any atom is -0.477 e. The van der Waals surface area contributed by atoms with Gasteiger partial charge in [-0.05, 0) is 6.42 Å². The summed E-state index contributed by atoms with van der Waals surface area (Å²) in [5, 5.41) is 121. The number of rotatable bonds is 19. The highest BCUT2D eigenvalue weighted by molar-refractivity contribution is 6.12. The van der Waals surface area contributed by atoms with E-state index in [9.17, 15) is 80.1 Å². The topological polar surface area (TPSA) is 391 Å². The first-order valence-corrected chi connectivity index (χ1v) is 18.2. The van der Waals surface area contributed by atoms with Crippen LogP contribution in [0, 0.1) is 0 Å². The van der Waals surface area contributed by atoms with Crippen molar-refractivity contribution in [1.82, 2.24) is 15.5 Å². The third-order valence-electron chi connectivity index (χ3n) is 9.84. The first-order valence-electron chi connectivity index (χ1n) is 18.2. The number of hydrogen-bond donors (Lipinski definition) is 13. The predicted molar refractivity (Wildman–Crippen MR) is 182 cm³/mol. The van der Waals surface area contributed by atoms with E-state index in [-0.39, 0.29) is 32.5 Å². The van der Waals surface area contributed by atoms with Gasteiger partial charge < -0.3 is 95.2 Å². The summed E-state index contributed by atoms with van der Waals surface area (Å²) < 4.78 is 33.3. The van der Waals surface area contributed by atoms with E-state index >= 15 is 0 Å². The number of imide groups is 1. The molecule has 0 aromatic carbocycles. The number of aliphatic carboxylic acids is 1. The van der Waals surface area contributed by atoms with Crippen LogP contribution in [0.1, 0.15) is 26.2 Å². The van der Waals surface area contributed by atoms with Crippen LogP contribution in [0.5, 0.6) is 0 Å². The van der Waals surface area contributed by atoms with E-state index in [2.05, 4.69) is 10.6 Å². The van der Waals surface area contributed by atoms with Crippen molar-refractivity contribution >= 4 is 29.6 Å². The van der Waals surface area contributed by atoms with Gasteiger partial charge in [0.25, 0.3) is 17.6 Å². The van der Waals surface area contributed by atoms with Gasteiger partial charge in [-0.3, -0.25) is 24.1 Å². The molecule has 4 aliphatic rings. The molecule has 4 heterocycles. The quantitative estimate of drug-likeness (QED) is 0.0424. The van der Waals surface area contributed by atoms with Gasteiger partial charge in [0, 0.05) is 45.0 Å². The molecule has 4 rings (SSSR count). The second-order valence-electron chi connectivity index (χ2n) is 14.0. The molecule has 13 N–H and O–H groups in total. The van der Waals surface area contributed by atoms with Crippen LogP contribution < -0.4 is 10.6 Å². The molecule has 58 heavy (non-hydrogen) atoms. The third kappa shape index (κ3) is 10.9. The Labute approximate surface area is 329 Å². The Balaban J connectivity index is 1.41. The molecule has 25 nitrogen and oxygen atoms in total. The first-order chi connectivity index (χ1) is 27.4. The van der Waals surface area contributed by atoms with Crippen molar-refractivity contribution in [2.24, 2.45) is 0 Å². The summed E-state index contributed by atoms with van der Waals surface area (Å²) in [4.78, 5) is 61.0. The SMILES string of the molecule is CC(=O)N[C@H]1[C@H]([C@H](O)[C@H](O)CO)O[C@@](O[C@H]2[C@@H](O)[C@@H](CO)O[C@@H](O[C@H]3[C@H](O)[C@@H](O)[C@H](OCCNC(=O)CCCN4C(=O)C=CC4=O)O[C@@H]3CO)[C@@H]2O)(C(=O)O)C[C@@H]1O. The number of carboxylic acids is 1. The van der Waals surface area contributed by atoms with Crippen LogP contribution in [0.3, 0.4) is 0 Å². The number of carbonyl (C=O) groups is 5. The first kappa shape index (κ1) is 47.3. The highest BCUT2D eigenvalue weighted by Crippen LogP contribution is 2.38. The average molecular weight is 842 g/mol. The van der Waals surface area contributed by atoms with E-state index in [0.717, 1.165) is 24.0 Å². The largest absolute Gasteiger partial charge is 0.477 e. The molecule has 16 atom stereocenters. The number of aliphatic hydroxyl groups is 10. The molecule has 0 saturated carbocycles. The maximum absolute atomic E-state index is 12.7. The fourth-order valence-corrected chi connectivity index (χ4v) is 6.79. The maximum atomic E-state index is 12.7. The second-order valence-corrected chi connectivity index (χ2v) is 14.0. The molecule has 25 heteroatoms. The Morgan fingerprint density at radius 3 is 2.14 bits per heavy atom. The van der Waals surface area contributed by atoms with E-state index in [1.54, 1.807) is 0 Å². The number of carbonyl (C=O) groups excluding carboxylic acids is 4. The van der Waals surface area contributed by atoms with Crippen molar-refractivity contribution in [3.63, 3.8) is 0 Å². The van der Waals surface area contributed by atoms with Crippen molar-refractivity contribution in [3.8, 4) is 0 Å². The van der Waals surface area contributed by atoms with Crippen molar-refractivity contribution in [1.29, 1.82) is 0 Å². The summed E-state index contributed by atoms with van der Waals surface area (Å²) in [7, 11) is 0. The summed E-state index contributed by atoms with van der Waals surface area (Å²) in [6.07, 6.45) is -25.6. The number of aliphatic hydroxyl groups excluding tert-OH is 10. The normalized spacial score (nSPS) is 37.7. The molecule has 0 aromatic heterocycles. The number of ether oxygens (including phenoxy) is 6. The van der Waals surface area contributed by atoms with Crippen LogP contribution >= 0.6 is 0 Å². The maximum Gasteiger partial charge on any atom is 0.364 e. The molecule has 0 aliphatic carbocycles. The number of hydrogen-bond acceptors (Lipinski definition) is 21. The molecule has 0 bridgehead atoms. The van der Waals surface area contributed by atoms with Gasteiger partial charge >= 0.3 is 5.97 Å². The molecule has 4 amide bonds. The van der Waals surface area contributed by atoms with Crippen LogP contribution in [0.4, 0.5) is 0 Å². The minimum atomic E-state index is -3.07. The summed E-state index contributed by atoms with van der Waals surface area (Å²) >= 11 is 0. The Bertz CT molecular complexity index is 1450. The van der Waals surface area contributed by atoms with Crippen LogP contribution in [0.15, 0.2) is 12.2 Å². The molecule has 3 fully saturated rings.